The summed E-state index contributed by atoms with van der Waals surface area (Å²) in [5.74, 6) is -0.784. The van der Waals surface area contributed by atoms with Gasteiger partial charge in [0, 0.05) is 26.7 Å². The van der Waals surface area contributed by atoms with Gasteiger partial charge in [-0.25, -0.2) is 4.79 Å². The van der Waals surface area contributed by atoms with Crippen LogP contribution in [-0.2, 0) is 4.79 Å². The number of carbonyl (C=O) groups is 2. The maximum absolute atomic E-state index is 12.2. The third kappa shape index (κ3) is 3.08. The van der Waals surface area contributed by atoms with Crippen LogP contribution in [-0.4, -0.2) is 53.6 Å². The molecule has 0 saturated carbocycles. The van der Waals surface area contributed by atoms with E-state index >= 15 is 0 Å². The third-order valence-corrected chi connectivity index (χ3v) is 4.10. The Morgan fingerprint density at radius 3 is 2.58 bits per heavy atom. The first-order valence-electron chi connectivity index (χ1n) is 6.69. The van der Waals surface area contributed by atoms with E-state index in [1.807, 2.05) is 13.8 Å². The highest BCUT2D eigenvalue weighted by atomic mass is 16.4. The molecule has 1 unspecified atom stereocenters. The molecule has 1 N–H and O–H groups in total. The van der Waals surface area contributed by atoms with Gasteiger partial charge in [0.15, 0.2) is 0 Å². The van der Waals surface area contributed by atoms with Crippen LogP contribution in [0.5, 0.6) is 0 Å². The van der Waals surface area contributed by atoms with Gasteiger partial charge in [-0.05, 0) is 18.8 Å². The Hall–Kier alpha value is -1.52. The lowest BCUT2D eigenvalue weighted by Crippen LogP contribution is -2.44. The number of hydrogen-bond donors (Lipinski definition) is 1. The van der Waals surface area contributed by atoms with Crippen molar-refractivity contribution in [2.45, 2.75) is 26.7 Å². The molecule has 1 fully saturated rings. The second kappa shape index (κ2) is 6.08. The van der Waals surface area contributed by atoms with Crippen LogP contribution in [0.2, 0.25) is 0 Å². The Morgan fingerprint density at radius 1 is 1.53 bits per heavy atom. The van der Waals surface area contributed by atoms with E-state index in [-0.39, 0.29) is 11.9 Å². The average molecular weight is 268 g/mol. The molecule has 1 atom stereocenters. The van der Waals surface area contributed by atoms with Gasteiger partial charge in [-0.3, -0.25) is 4.79 Å². The van der Waals surface area contributed by atoms with Crippen LogP contribution in [0.25, 0.3) is 0 Å². The molecule has 1 saturated heterocycles. The fourth-order valence-corrected chi connectivity index (χ4v) is 2.51. The number of carboxylic acids is 1. The van der Waals surface area contributed by atoms with Crippen molar-refractivity contribution in [3.05, 3.63) is 12.7 Å². The second-order valence-corrected chi connectivity index (χ2v) is 5.57. The van der Waals surface area contributed by atoms with Gasteiger partial charge in [-0.1, -0.05) is 19.9 Å². The molecule has 5 heteroatoms. The van der Waals surface area contributed by atoms with Gasteiger partial charge in [-0.2, -0.15) is 0 Å². The van der Waals surface area contributed by atoms with Crippen LogP contribution >= 0.6 is 0 Å². The third-order valence-electron chi connectivity index (χ3n) is 4.10. The minimum atomic E-state index is -0.799. The lowest BCUT2D eigenvalue weighted by Gasteiger charge is -2.30. The van der Waals surface area contributed by atoms with Gasteiger partial charge in [-0.15, -0.1) is 6.58 Å². The molecular formula is C14H24N2O3. The van der Waals surface area contributed by atoms with Gasteiger partial charge in [0.1, 0.15) is 0 Å². The summed E-state index contributed by atoms with van der Waals surface area (Å²) < 4.78 is 0. The Bertz CT molecular complexity index is 368. The molecule has 0 aromatic rings. The molecular weight excluding hydrogens is 244 g/mol. The molecule has 0 aliphatic carbocycles. The van der Waals surface area contributed by atoms with Crippen LogP contribution < -0.4 is 0 Å². The molecule has 108 valence electrons. The standard InChI is InChI=1S/C14H24N2O3/c1-5-6-8-15(4)13(19)16-9-7-14(10-16,11(2)3)12(17)18/h5,11H,1,6-10H2,2-4H3,(H,17,18). The number of rotatable bonds is 5. The lowest BCUT2D eigenvalue weighted by molar-refractivity contribution is -0.150. The molecule has 1 heterocycles. The smallest absolute Gasteiger partial charge is 0.319 e. The van der Waals surface area contributed by atoms with Crippen molar-refractivity contribution in [2.75, 3.05) is 26.7 Å². The van der Waals surface area contributed by atoms with E-state index in [9.17, 15) is 14.7 Å². The highest BCUT2D eigenvalue weighted by Crippen LogP contribution is 2.38. The minimum Gasteiger partial charge on any atom is -0.481 e. The maximum Gasteiger partial charge on any atom is 0.319 e. The van der Waals surface area contributed by atoms with Crippen LogP contribution in [0.15, 0.2) is 12.7 Å². The molecule has 0 radical (unpaired) electrons. The average Bonchev–Trinajstić information content (AvgIpc) is 2.81. The summed E-state index contributed by atoms with van der Waals surface area (Å²) >= 11 is 0. The zero-order chi connectivity index (χ0) is 14.6. The molecule has 0 aromatic carbocycles. The first-order valence-corrected chi connectivity index (χ1v) is 6.69. The maximum atomic E-state index is 12.2. The molecule has 0 spiro atoms. The van der Waals surface area contributed by atoms with Crippen LogP contribution in [0, 0.1) is 11.3 Å². The molecule has 1 aliphatic heterocycles. The molecule has 5 nitrogen and oxygen atoms in total. The number of likely N-dealkylation sites (tertiary alicyclic amines) is 1. The summed E-state index contributed by atoms with van der Waals surface area (Å²) in [7, 11) is 1.74. The number of hydrogen-bond acceptors (Lipinski definition) is 2. The number of amides is 2. The molecule has 1 aliphatic rings. The van der Waals surface area contributed by atoms with E-state index in [4.69, 9.17) is 0 Å². The number of carboxylic acid groups (broad SMARTS) is 1. The van der Waals surface area contributed by atoms with Crippen LogP contribution in [0.3, 0.4) is 0 Å². The zero-order valence-corrected chi connectivity index (χ0v) is 12.1. The number of urea groups is 1. The summed E-state index contributed by atoms with van der Waals surface area (Å²) in [5.41, 5.74) is -0.797. The van der Waals surface area contributed by atoms with Crippen LogP contribution in [0.1, 0.15) is 26.7 Å². The highest BCUT2D eigenvalue weighted by Gasteiger charge is 2.48. The first kappa shape index (κ1) is 15.5. The van der Waals surface area contributed by atoms with Crippen LogP contribution in [0.4, 0.5) is 4.79 Å². The summed E-state index contributed by atoms with van der Waals surface area (Å²) in [4.78, 5) is 27.0. The fraction of sp³-hybridized carbons (Fsp3) is 0.714. The normalized spacial score (nSPS) is 22.6. The first-order chi connectivity index (χ1) is 8.85. The molecule has 0 aromatic heterocycles. The van der Waals surface area contributed by atoms with E-state index in [2.05, 4.69) is 6.58 Å². The quantitative estimate of drug-likeness (QED) is 0.776. The molecule has 2 amide bonds. The number of carbonyl (C=O) groups excluding carboxylic acids is 1. The summed E-state index contributed by atoms with van der Waals surface area (Å²) in [5, 5.41) is 9.45. The predicted octanol–water partition coefficient (Wildman–Crippen LogP) is 2.05. The minimum absolute atomic E-state index is 0.0151. The van der Waals surface area contributed by atoms with Crippen molar-refractivity contribution in [3.63, 3.8) is 0 Å². The van der Waals surface area contributed by atoms with E-state index in [0.29, 0.717) is 26.1 Å². The van der Waals surface area contributed by atoms with Crippen molar-refractivity contribution < 1.29 is 14.7 Å². The molecule has 1 rings (SSSR count). The Balaban J connectivity index is 2.71. The Morgan fingerprint density at radius 2 is 2.16 bits per heavy atom. The van der Waals surface area contributed by atoms with E-state index in [1.54, 1.807) is 22.9 Å². The van der Waals surface area contributed by atoms with Gasteiger partial charge in [0.25, 0.3) is 0 Å². The second-order valence-electron chi connectivity index (χ2n) is 5.57. The van der Waals surface area contributed by atoms with Crippen molar-refractivity contribution in [1.82, 2.24) is 9.80 Å². The SMILES string of the molecule is C=CCCN(C)C(=O)N1CCC(C(=O)O)(C(C)C)C1. The number of nitrogens with zero attached hydrogens (tertiary/aromatic N) is 2. The summed E-state index contributed by atoms with van der Waals surface area (Å²) in [6.07, 6.45) is 3.04. The predicted molar refractivity (Wildman–Crippen MR) is 73.9 cm³/mol. The van der Waals surface area contributed by atoms with Crippen molar-refractivity contribution in [3.8, 4) is 0 Å². The van der Waals surface area contributed by atoms with Crippen molar-refractivity contribution >= 4 is 12.0 Å². The molecule has 19 heavy (non-hydrogen) atoms. The zero-order valence-electron chi connectivity index (χ0n) is 12.1. The largest absolute Gasteiger partial charge is 0.481 e. The fourth-order valence-electron chi connectivity index (χ4n) is 2.51. The van der Waals surface area contributed by atoms with E-state index in [0.717, 1.165) is 6.42 Å². The van der Waals surface area contributed by atoms with Gasteiger partial charge >= 0.3 is 12.0 Å². The molecule has 0 bridgehead atoms. The Labute approximate surface area is 114 Å². The lowest BCUT2D eigenvalue weighted by atomic mass is 9.76. The van der Waals surface area contributed by atoms with Gasteiger partial charge in [0.2, 0.25) is 0 Å². The number of aliphatic carboxylic acids is 1. The summed E-state index contributed by atoms with van der Waals surface area (Å²) in [6.45, 7) is 8.87. The highest BCUT2D eigenvalue weighted by molar-refractivity contribution is 5.80. The van der Waals surface area contributed by atoms with Crippen molar-refractivity contribution in [1.29, 1.82) is 0 Å². The monoisotopic (exact) mass is 268 g/mol. The van der Waals surface area contributed by atoms with E-state index in [1.165, 1.54) is 0 Å². The van der Waals surface area contributed by atoms with Gasteiger partial charge < -0.3 is 14.9 Å². The van der Waals surface area contributed by atoms with Gasteiger partial charge in [0.05, 0.1) is 5.41 Å². The Kier molecular flexibility index (Phi) is 4.97. The summed E-state index contributed by atoms with van der Waals surface area (Å²) in [6, 6.07) is -0.0920. The topological polar surface area (TPSA) is 60.9 Å². The van der Waals surface area contributed by atoms with E-state index < -0.39 is 11.4 Å². The van der Waals surface area contributed by atoms with Crippen molar-refractivity contribution in [2.24, 2.45) is 11.3 Å².